The van der Waals surface area contributed by atoms with Gasteiger partial charge in [-0.25, -0.2) is 4.99 Å². The molecule has 0 radical (unpaired) electrons. The van der Waals surface area contributed by atoms with E-state index in [-0.39, 0.29) is 0 Å². The van der Waals surface area contributed by atoms with E-state index < -0.39 is 0 Å². The molecule has 152 valence electrons. The molecule has 6 heteroatoms. The summed E-state index contributed by atoms with van der Waals surface area (Å²) in [5.74, 6) is 2.51. The molecule has 0 aliphatic heterocycles. The van der Waals surface area contributed by atoms with Gasteiger partial charge in [-0.15, -0.1) is 0 Å². The van der Waals surface area contributed by atoms with E-state index in [2.05, 4.69) is 54.7 Å². The number of guanidine groups is 1. The van der Waals surface area contributed by atoms with Gasteiger partial charge in [0.25, 0.3) is 0 Å². The Hall–Kier alpha value is -2.50. The molecule has 0 atom stereocenters. The second-order valence-corrected chi connectivity index (χ2v) is 7.69. The summed E-state index contributed by atoms with van der Waals surface area (Å²) in [4.78, 5) is 4.79. The molecule has 0 bridgehead atoms. The minimum atomic E-state index is 0.584. The maximum absolute atomic E-state index is 6.08. The van der Waals surface area contributed by atoms with Gasteiger partial charge in [-0.1, -0.05) is 12.1 Å². The summed E-state index contributed by atoms with van der Waals surface area (Å²) in [6.45, 7) is 11.2. The molecule has 0 amide bonds. The molecule has 1 aromatic carbocycles. The van der Waals surface area contributed by atoms with Gasteiger partial charge in [-0.3, -0.25) is 4.68 Å². The molecule has 2 aromatic rings. The number of aromatic nitrogens is 2. The highest BCUT2D eigenvalue weighted by atomic mass is 16.5. The Labute approximate surface area is 168 Å². The maximum Gasteiger partial charge on any atom is 0.191 e. The SMILES string of the molecule is CCNC(=NCc1ccc(C)cc1OCC1CC1)NCc1c(C)nn(C)c1C. The van der Waals surface area contributed by atoms with E-state index in [1.165, 1.54) is 29.7 Å². The van der Waals surface area contributed by atoms with Crippen LogP contribution in [0.3, 0.4) is 0 Å². The van der Waals surface area contributed by atoms with E-state index in [9.17, 15) is 0 Å². The van der Waals surface area contributed by atoms with Gasteiger partial charge in [0.15, 0.2) is 5.96 Å². The predicted octanol–water partition coefficient (Wildman–Crippen LogP) is 3.39. The molecule has 1 fully saturated rings. The van der Waals surface area contributed by atoms with Gasteiger partial charge in [0.05, 0.1) is 18.8 Å². The highest BCUT2D eigenvalue weighted by molar-refractivity contribution is 5.79. The fourth-order valence-electron chi connectivity index (χ4n) is 3.17. The van der Waals surface area contributed by atoms with Gasteiger partial charge in [0.1, 0.15) is 5.75 Å². The normalized spacial score (nSPS) is 14.2. The van der Waals surface area contributed by atoms with Gasteiger partial charge in [0.2, 0.25) is 0 Å². The molecule has 1 aromatic heterocycles. The number of nitrogens with zero attached hydrogens (tertiary/aromatic N) is 3. The second kappa shape index (κ2) is 9.13. The lowest BCUT2D eigenvalue weighted by atomic mass is 10.1. The van der Waals surface area contributed by atoms with E-state index in [1.807, 2.05) is 18.7 Å². The summed E-state index contributed by atoms with van der Waals surface area (Å²) in [5, 5.41) is 11.3. The number of aliphatic imine (C=N–C) groups is 1. The average Bonchev–Trinajstić information content (AvgIpc) is 3.45. The lowest BCUT2D eigenvalue weighted by Gasteiger charge is -2.14. The molecule has 1 heterocycles. The molecule has 2 N–H and O–H groups in total. The van der Waals surface area contributed by atoms with Crippen molar-refractivity contribution in [1.29, 1.82) is 0 Å². The standard InChI is InChI=1S/C22H33N5O/c1-6-23-22(25-13-20-16(3)26-27(5)17(20)4)24-12-19-10-7-15(2)11-21(19)28-14-18-8-9-18/h7,10-11,18H,6,8-9,12-14H2,1-5H3,(H2,23,24,25). The third-order valence-corrected chi connectivity index (χ3v) is 5.24. The van der Waals surface area contributed by atoms with Gasteiger partial charge < -0.3 is 15.4 Å². The lowest BCUT2D eigenvalue weighted by molar-refractivity contribution is 0.296. The Bertz CT molecular complexity index is 836. The summed E-state index contributed by atoms with van der Waals surface area (Å²) in [5.41, 5.74) is 5.79. The number of hydrogen-bond donors (Lipinski definition) is 2. The molecule has 0 saturated heterocycles. The van der Waals surface area contributed by atoms with Crippen molar-refractivity contribution in [2.24, 2.45) is 18.0 Å². The number of nitrogens with one attached hydrogen (secondary N) is 2. The monoisotopic (exact) mass is 383 g/mol. The molecule has 1 saturated carbocycles. The summed E-state index contributed by atoms with van der Waals surface area (Å²) < 4.78 is 8.00. The van der Waals surface area contributed by atoms with Crippen molar-refractivity contribution in [3.05, 3.63) is 46.3 Å². The first-order valence-electron chi connectivity index (χ1n) is 10.2. The van der Waals surface area contributed by atoms with Crippen LogP contribution in [0.4, 0.5) is 0 Å². The Morgan fingerprint density at radius 1 is 1.25 bits per heavy atom. The Kier molecular flexibility index (Phi) is 6.60. The van der Waals surface area contributed by atoms with E-state index in [0.29, 0.717) is 13.1 Å². The molecule has 1 aliphatic carbocycles. The van der Waals surface area contributed by atoms with E-state index in [0.717, 1.165) is 42.0 Å². The number of rotatable bonds is 8. The maximum atomic E-state index is 6.08. The quantitative estimate of drug-likeness (QED) is 0.542. The molecule has 1 aliphatic rings. The van der Waals surface area contributed by atoms with E-state index >= 15 is 0 Å². The smallest absolute Gasteiger partial charge is 0.191 e. The number of hydrogen-bond acceptors (Lipinski definition) is 3. The highest BCUT2D eigenvalue weighted by Gasteiger charge is 2.22. The summed E-state index contributed by atoms with van der Waals surface area (Å²) >= 11 is 0. The minimum Gasteiger partial charge on any atom is -0.493 e. The van der Waals surface area contributed by atoms with Crippen LogP contribution < -0.4 is 15.4 Å². The van der Waals surface area contributed by atoms with Crippen molar-refractivity contribution in [3.63, 3.8) is 0 Å². The van der Waals surface area contributed by atoms with Crippen LogP contribution in [0.1, 0.15) is 47.8 Å². The predicted molar refractivity (Wildman–Crippen MR) is 114 cm³/mol. The lowest BCUT2D eigenvalue weighted by Crippen LogP contribution is -2.37. The van der Waals surface area contributed by atoms with Crippen molar-refractivity contribution in [2.45, 2.75) is 53.6 Å². The summed E-state index contributed by atoms with van der Waals surface area (Å²) in [6.07, 6.45) is 2.59. The summed E-state index contributed by atoms with van der Waals surface area (Å²) in [7, 11) is 1.98. The van der Waals surface area contributed by atoms with Crippen LogP contribution in [-0.2, 0) is 20.1 Å². The van der Waals surface area contributed by atoms with Crippen molar-refractivity contribution in [2.75, 3.05) is 13.2 Å². The van der Waals surface area contributed by atoms with Crippen LogP contribution in [-0.4, -0.2) is 28.9 Å². The Balaban J connectivity index is 1.68. The van der Waals surface area contributed by atoms with E-state index in [4.69, 9.17) is 9.73 Å². The first-order valence-corrected chi connectivity index (χ1v) is 10.2. The average molecular weight is 384 g/mol. The molecular formula is C22H33N5O. The number of benzene rings is 1. The summed E-state index contributed by atoms with van der Waals surface area (Å²) in [6, 6.07) is 6.37. The Morgan fingerprint density at radius 2 is 2.04 bits per heavy atom. The largest absolute Gasteiger partial charge is 0.493 e. The Morgan fingerprint density at radius 3 is 2.68 bits per heavy atom. The first-order chi connectivity index (χ1) is 13.5. The van der Waals surface area contributed by atoms with Crippen molar-refractivity contribution in [3.8, 4) is 5.75 Å². The minimum absolute atomic E-state index is 0.584. The molecule has 28 heavy (non-hydrogen) atoms. The fourth-order valence-corrected chi connectivity index (χ4v) is 3.17. The van der Waals surface area contributed by atoms with Crippen LogP contribution in [0.25, 0.3) is 0 Å². The van der Waals surface area contributed by atoms with Crippen LogP contribution in [0, 0.1) is 26.7 Å². The zero-order valence-corrected chi connectivity index (χ0v) is 17.8. The van der Waals surface area contributed by atoms with Crippen molar-refractivity contribution >= 4 is 5.96 Å². The van der Waals surface area contributed by atoms with Gasteiger partial charge >= 0.3 is 0 Å². The van der Waals surface area contributed by atoms with Crippen LogP contribution >= 0.6 is 0 Å². The molecule has 0 unspecified atom stereocenters. The number of aryl methyl sites for hydroxylation is 3. The third-order valence-electron chi connectivity index (χ3n) is 5.24. The fraction of sp³-hybridized carbons (Fsp3) is 0.545. The first kappa shape index (κ1) is 20.2. The topological polar surface area (TPSA) is 63.5 Å². The second-order valence-electron chi connectivity index (χ2n) is 7.69. The highest BCUT2D eigenvalue weighted by Crippen LogP contribution is 2.31. The zero-order valence-electron chi connectivity index (χ0n) is 17.8. The van der Waals surface area contributed by atoms with Crippen LogP contribution in [0.15, 0.2) is 23.2 Å². The van der Waals surface area contributed by atoms with Crippen molar-refractivity contribution < 1.29 is 4.74 Å². The van der Waals surface area contributed by atoms with Gasteiger partial charge in [0, 0.05) is 37.0 Å². The van der Waals surface area contributed by atoms with Crippen LogP contribution in [0.5, 0.6) is 5.75 Å². The zero-order chi connectivity index (χ0) is 20.1. The molecular weight excluding hydrogens is 350 g/mol. The van der Waals surface area contributed by atoms with Gasteiger partial charge in [-0.05, 0) is 58.1 Å². The number of ether oxygens (including phenoxy) is 1. The third kappa shape index (κ3) is 5.27. The van der Waals surface area contributed by atoms with E-state index in [1.54, 1.807) is 0 Å². The van der Waals surface area contributed by atoms with Gasteiger partial charge in [-0.2, -0.15) is 5.10 Å². The molecule has 6 nitrogen and oxygen atoms in total. The molecule has 0 spiro atoms. The molecule has 3 rings (SSSR count). The van der Waals surface area contributed by atoms with Crippen LogP contribution in [0.2, 0.25) is 0 Å². The van der Waals surface area contributed by atoms with Crippen molar-refractivity contribution in [1.82, 2.24) is 20.4 Å².